The summed E-state index contributed by atoms with van der Waals surface area (Å²) in [6.45, 7) is 0. The lowest BCUT2D eigenvalue weighted by Crippen LogP contribution is -2.62. The van der Waals surface area contributed by atoms with Crippen LogP contribution in [0, 0.1) is 0 Å². The summed E-state index contributed by atoms with van der Waals surface area (Å²) in [4.78, 5) is 30.3. The van der Waals surface area contributed by atoms with Crippen molar-refractivity contribution in [3.05, 3.63) is 252 Å². The van der Waals surface area contributed by atoms with Crippen LogP contribution in [0.2, 0.25) is 0 Å². The zero-order valence-electron chi connectivity index (χ0n) is 32.8. The molecule has 3 aliphatic rings. The van der Waals surface area contributed by atoms with E-state index in [0.717, 1.165) is 10.6 Å². The smallest absolute Gasteiger partial charge is 0.252 e. The van der Waals surface area contributed by atoms with Gasteiger partial charge in [-0.15, -0.1) is 0 Å². The van der Waals surface area contributed by atoms with Crippen LogP contribution in [0.5, 0.6) is 0 Å². The van der Waals surface area contributed by atoms with Crippen LogP contribution >= 0.6 is 15.8 Å². The number of amides is 2. The number of nitrogens with one attached hydrogen (secondary N) is 2. The van der Waals surface area contributed by atoms with Crippen LogP contribution in [0.4, 0.5) is 0 Å². The van der Waals surface area contributed by atoms with E-state index in [9.17, 15) is 0 Å². The van der Waals surface area contributed by atoms with E-state index in [0.29, 0.717) is 11.1 Å². The number of hydrogen-bond donors (Lipinski definition) is 2. The molecule has 2 bridgehead atoms. The number of benzene rings is 8. The van der Waals surface area contributed by atoms with Crippen LogP contribution in [0.3, 0.4) is 0 Å². The third kappa shape index (κ3) is 6.97. The van der Waals surface area contributed by atoms with Crippen molar-refractivity contribution in [2.45, 2.75) is 23.9 Å². The molecule has 290 valence electrons. The van der Waals surface area contributed by atoms with Crippen molar-refractivity contribution in [2.24, 2.45) is 0 Å². The van der Waals surface area contributed by atoms with Gasteiger partial charge in [-0.2, -0.15) is 0 Å². The highest BCUT2D eigenvalue weighted by Crippen LogP contribution is 2.53. The molecule has 0 radical (unpaired) electrons. The highest BCUT2D eigenvalue weighted by atomic mass is 31.1. The zero-order chi connectivity index (χ0) is 40.4. The monoisotopic (exact) mass is 812 g/mol. The fourth-order valence-electron chi connectivity index (χ4n) is 9.37. The van der Waals surface area contributed by atoms with Crippen molar-refractivity contribution >= 4 is 59.5 Å². The predicted octanol–water partition coefficient (Wildman–Crippen LogP) is 8.39. The molecule has 2 N–H and O–H groups in total. The Morgan fingerprint density at radius 3 is 0.867 bits per heavy atom. The van der Waals surface area contributed by atoms with Gasteiger partial charge in [0.1, 0.15) is 0 Å². The van der Waals surface area contributed by atoms with Gasteiger partial charge in [-0.3, -0.25) is 9.59 Å². The first-order valence-electron chi connectivity index (χ1n) is 20.4. The molecule has 11 rings (SSSR count). The SMILES string of the molecule is O=C(N[C@@H]1C2c3ccccc3C(c3ccccc32)[C@H]1NC(=O)c1ccccc1P(c1ccccc1)c1ccccc1)c1ccccc1P(c1ccccc1)c1ccccc1. The van der Waals surface area contributed by atoms with E-state index in [4.69, 9.17) is 0 Å². The van der Waals surface area contributed by atoms with Crippen LogP contribution in [-0.2, 0) is 0 Å². The molecule has 0 spiro atoms. The van der Waals surface area contributed by atoms with Crippen LogP contribution in [0.15, 0.2) is 218 Å². The summed E-state index contributed by atoms with van der Waals surface area (Å²) in [6.07, 6.45) is 0. The summed E-state index contributed by atoms with van der Waals surface area (Å²) in [5, 5.41) is 13.9. The zero-order valence-corrected chi connectivity index (χ0v) is 34.6. The number of carbonyl (C=O) groups is 2. The topological polar surface area (TPSA) is 58.2 Å². The second kappa shape index (κ2) is 16.7. The molecular formula is C54H42N2O2P2. The maximum Gasteiger partial charge on any atom is 0.252 e. The molecule has 8 aromatic rings. The maximum absolute atomic E-state index is 15.1. The second-order valence-electron chi connectivity index (χ2n) is 15.3. The minimum absolute atomic E-state index is 0.145. The molecule has 0 saturated heterocycles. The van der Waals surface area contributed by atoms with Crippen LogP contribution < -0.4 is 42.5 Å². The summed E-state index contributed by atoms with van der Waals surface area (Å²) >= 11 is 0. The molecule has 2 atom stereocenters. The van der Waals surface area contributed by atoms with Gasteiger partial charge in [0, 0.05) is 23.0 Å². The Hall–Kier alpha value is -6.44. The van der Waals surface area contributed by atoms with Crippen molar-refractivity contribution in [1.82, 2.24) is 10.6 Å². The molecule has 0 saturated carbocycles. The van der Waals surface area contributed by atoms with E-state index in [2.05, 4.69) is 168 Å². The van der Waals surface area contributed by atoms with Crippen molar-refractivity contribution in [1.29, 1.82) is 0 Å². The largest absolute Gasteiger partial charge is 0.346 e. The van der Waals surface area contributed by atoms with Gasteiger partial charge in [-0.05, 0) is 82.1 Å². The van der Waals surface area contributed by atoms with Gasteiger partial charge in [0.05, 0.1) is 12.1 Å². The minimum Gasteiger partial charge on any atom is -0.346 e. The summed E-state index contributed by atoms with van der Waals surface area (Å²) < 4.78 is 0. The molecule has 2 amide bonds. The number of hydrogen-bond acceptors (Lipinski definition) is 2. The molecule has 0 aliphatic heterocycles. The molecule has 3 aliphatic carbocycles. The quantitative estimate of drug-likeness (QED) is 0.137. The van der Waals surface area contributed by atoms with E-state index in [1.807, 2.05) is 60.7 Å². The van der Waals surface area contributed by atoms with Gasteiger partial charge in [-0.25, -0.2) is 0 Å². The molecule has 6 heteroatoms. The molecule has 0 heterocycles. The van der Waals surface area contributed by atoms with E-state index in [1.165, 1.54) is 43.5 Å². The van der Waals surface area contributed by atoms with Crippen LogP contribution in [-0.4, -0.2) is 23.9 Å². The molecule has 0 fully saturated rings. The first-order valence-corrected chi connectivity index (χ1v) is 23.1. The summed E-state index contributed by atoms with van der Waals surface area (Å²) in [6, 6.07) is 74.3. The van der Waals surface area contributed by atoms with Gasteiger partial charge in [0.2, 0.25) is 0 Å². The fourth-order valence-corrected chi connectivity index (χ4v) is 14.3. The van der Waals surface area contributed by atoms with E-state index >= 15 is 9.59 Å². The second-order valence-corrected chi connectivity index (χ2v) is 19.6. The van der Waals surface area contributed by atoms with Gasteiger partial charge < -0.3 is 10.6 Å². The molecule has 8 aromatic carbocycles. The maximum atomic E-state index is 15.1. The molecular weight excluding hydrogens is 771 g/mol. The normalized spacial score (nSPS) is 17.4. The first-order chi connectivity index (χ1) is 29.7. The number of carbonyl (C=O) groups excluding carboxylic acids is 2. The van der Waals surface area contributed by atoms with E-state index < -0.39 is 27.9 Å². The number of rotatable bonds is 10. The van der Waals surface area contributed by atoms with Gasteiger partial charge in [-0.1, -0.05) is 206 Å². The van der Waals surface area contributed by atoms with Crippen LogP contribution in [0.1, 0.15) is 54.8 Å². The van der Waals surface area contributed by atoms with Crippen LogP contribution in [0.25, 0.3) is 0 Å². The molecule has 0 unspecified atom stereocenters. The third-order valence-corrected chi connectivity index (χ3v) is 16.9. The Balaban J connectivity index is 1.07. The lowest BCUT2D eigenvalue weighted by molar-refractivity contribution is 0.0859. The summed E-state index contributed by atoms with van der Waals surface area (Å²) in [5.41, 5.74) is 6.06. The average molecular weight is 813 g/mol. The predicted molar refractivity (Wildman–Crippen MR) is 249 cm³/mol. The van der Waals surface area contributed by atoms with E-state index in [1.54, 1.807) is 0 Å². The Kier molecular flexibility index (Phi) is 10.5. The standard InChI is InChI=1S/C54H42N2O2P2/c57-53(45-33-17-19-35-47(45)59(37-21-5-1-6-22-37)38-23-7-2-8-24-38)55-51-49-41-29-13-15-31-43(41)50(44-32-16-14-30-42(44)49)52(51)56-54(58)46-34-18-20-36-48(46)60(39-25-9-3-10-26-39)40-27-11-4-12-28-40/h1-36,49-52H,(H,55,57)(H,56,58)/t49?,50?,51-,52-/m1/s1. The summed E-state index contributed by atoms with van der Waals surface area (Å²) in [5.74, 6) is -0.633. The highest BCUT2D eigenvalue weighted by Gasteiger charge is 2.51. The Bertz CT molecular complexity index is 2480. The van der Waals surface area contributed by atoms with Crippen molar-refractivity contribution in [3.63, 3.8) is 0 Å². The van der Waals surface area contributed by atoms with Gasteiger partial charge >= 0.3 is 0 Å². The average Bonchev–Trinajstić information content (AvgIpc) is 3.31. The first kappa shape index (κ1) is 37.8. The van der Waals surface area contributed by atoms with Gasteiger partial charge in [0.15, 0.2) is 0 Å². The molecule has 0 aromatic heterocycles. The van der Waals surface area contributed by atoms with Crippen molar-refractivity contribution in [2.75, 3.05) is 0 Å². The lowest BCUT2D eigenvalue weighted by atomic mass is 9.59. The molecule has 60 heavy (non-hydrogen) atoms. The minimum atomic E-state index is -1.05. The molecule has 4 nitrogen and oxygen atoms in total. The highest BCUT2D eigenvalue weighted by molar-refractivity contribution is 7.80. The third-order valence-electron chi connectivity index (χ3n) is 11.9. The fraction of sp³-hybridized carbons (Fsp3) is 0.0741. The Morgan fingerprint density at radius 2 is 0.567 bits per heavy atom. The van der Waals surface area contributed by atoms with E-state index in [-0.39, 0.29) is 23.7 Å². The van der Waals surface area contributed by atoms with Crippen molar-refractivity contribution < 1.29 is 9.59 Å². The lowest BCUT2D eigenvalue weighted by Gasteiger charge is -2.51. The van der Waals surface area contributed by atoms with Crippen molar-refractivity contribution in [3.8, 4) is 0 Å². The Labute approximate surface area is 353 Å². The van der Waals surface area contributed by atoms with Gasteiger partial charge in [0.25, 0.3) is 11.8 Å². The Morgan fingerprint density at radius 1 is 0.317 bits per heavy atom. The summed E-state index contributed by atoms with van der Waals surface area (Å²) in [7, 11) is -2.09. The number of fused-ring (bicyclic) bond motifs is 1.